The average molecular weight is 393 g/mol. The van der Waals surface area contributed by atoms with Gasteiger partial charge in [0.05, 0.1) is 19.8 Å². The average Bonchev–Trinajstić information content (AvgIpc) is 2.59. The topological polar surface area (TPSA) is 38.7 Å². The molecule has 0 aromatic heterocycles. The number of aliphatic hydroxyl groups is 1. The van der Waals surface area contributed by atoms with Gasteiger partial charge in [-0.25, -0.2) is 0 Å². The molecule has 3 nitrogen and oxygen atoms in total. The van der Waals surface area contributed by atoms with Crippen molar-refractivity contribution in [1.29, 1.82) is 0 Å². The largest absolute Gasteiger partial charge is 0.497 e. The van der Waals surface area contributed by atoms with Gasteiger partial charge in [0, 0.05) is 22.6 Å². The molecular formula is C23H36O3S. The Morgan fingerprint density at radius 1 is 1.00 bits per heavy atom. The summed E-state index contributed by atoms with van der Waals surface area (Å²) in [4.78, 5) is 1.14. The quantitative estimate of drug-likeness (QED) is 0.644. The second-order valence-electron chi connectivity index (χ2n) is 9.71. The van der Waals surface area contributed by atoms with Crippen LogP contribution < -0.4 is 9.47 Å². The summed E-state index contributed by atoms with van der Waals surface area (Å²) in [6.45, 7) is 9.38. The molecule has 4 heteroatoms. The third-order valence-electron chi connectivity index (χ3n) is 7.50. The molecule has 2 aliphatic carbocycles. The first-order valence-electron chi connectivity index (χ1n) is 10.2. The lowest BCUT2D eigenvalue weighted by Gasteiger charge is -2.61. The smallest absolute Gasteiger partial charge is 0.123 e. The van der Waals surface area contributed by atoms with Crippen LogP contribution >= 0.6 is 11.8 Å². The zero-order valence-electron chi connectivity index (χ0n) is 17.8. The van der Waals surface area contributed by atoms with Crippen molar-refractivity contribution in [3.63, 3.8) is 0 Å². The number of benzene rings is 1. The highest BCUT2D eigenvalue weighted by atomic mass is 32.2. The zero-order chi connectivity index (χ0) is 19.9. The summed E-state index contributed by atoms with van der Waals surface area (Å²) >= 11 is 1.82. The van der Waals surface area contributed by atoms with Gasteiger partial charge in [-0.05, 0) is 61.5 Å². The number of hydrogen-bond donors (Lipinski definition) is 1. The summed E-state index contributed by atoms with van der Waals surface area (Å²) in [6.07, 6.45) is 5.85. The fourth-order valence-corrected chi connectivity index (χ4v) is 7.54. The van der Waals surface area contributed by atoms with Crippen molar-refractivity contribution >= 4 is 11.8 Å². The molecule has 2 aliphatic rings. The van der Waals surface area contributed by atoms with Crippen molar-refractivity contribution in [2.75, 3.05) is 20.0 Å². The lowest BCUT2D eigenvalue weighted by Crippen LogP contribution is -2.58. The van der Waals surface area contributed by atoms with E-state index in [2.05, 4.69) is 39.8 Å². The molecule has 2 saturated carbocycles. The van der Waals surface area contributed by atoms with Gasteiger partial charge in [0.1, 0.15) is 11.5 Å². The summed E-state index contributed by atoms with van der Waals surface area (Å²) in [5.41, 5.74) is -0.0420. The molecule has 0 spiro atoms. The molecule has 1 N–H and O–H groups in total. The van der Waals surface area contributed by atoms with Gasteiger partial charge in [0.25, 0.3) is 0 Å². The number of thioether (sulfide) groups is 1. The van der Waals surface area contributed by atoms with Crippen LogP contribution in [0.15, 0.2) is 23.1 Å². The number of ether oxygens (including phenoxy) is 2. The maximum absolute atomic E-state index is 11.3. The van der Waals surface area contributed by atoms with Crippen molar-refractivity contribution in [2.45, 2.75) is 70.3 Å². The summed E-state index contributed by atoms with van der Waals surface area (Å²) in [6, 6.07) is 6.03. The Morgan fingerprint density at radius 3 is 2.22 bits per heavy atom. The summed E-state index contributed by atoms with van der Waals surface area (Å²) in [5, 5.41) is 11.3. The van der Waals surface area contributed by atoms with Gasteiger partial charge in [-0.2, -0.15) is 0 Å². The van der Waals surface area contributed by atoms with Crippen LogP contribution in [0, 0.1) is 22.7 Å². The maximum atomic E-state index is 11.3. The van der Waals surface area contributed by atoms with E-state index in [0.717, 1.165) is 35.0 Å². The molecule has 0 radical (unpaired) electrons. The van der Waals surface area contributed by atoms with Crippen LogP contribution in [-0.2, 0) is 0 Å². The first-order chi connectivity index (χ1) is 12.6. The molecule has 0 amide bonds. The summed E-state index contributed by atoms with van der Waals surface area (Å²) in [7, 11) is 3.37. The zero-order valence-corrected chi connectivity index (χ0v) is 18.6. The van der Waals surface area contributed by atoms with Gasteiger partial charge in [-0.3, -0.25) is 0 Å². The predicted molar refractivity (Wildman–Crippen MR) is 113 cm³/mol. The Hall–Kier alpha value is -0.870. The van der Waals surface area contributed by atoms with Crippen molar-refractivity contribution in [1.82, 2.24) is 0 Å². The molecule has 2 unspecified atom stereocenters. The molecule has 1 aromatic rings. The van der Waals surface area contributed by atoms with Gasteiger partial charge in [-0.15, -0.1) is 11.8 Å². The maximum Gasteiger partial charge on any atom is 0.123 e. The Labute approximate surface area is 169 Å². The van der Waals surface area contributed by atoms with E-state index >= 15 is 0 Å². The van der Waals surface area contributed by atoms with Crippen molar-refractivity contribution in [2.24, 2.45) is 22.7 Å². The predicted octanol–water partition coefficient (Wildman–Crippen LogP) is 5.79. The normalized spacial score (nSPS) is 35.4. The van der Waals surface area contributed by atoms with Crippen molar-refractivity contribution in [3.05, 3.63) is 18.2 Å². The number of methoxy groups -OCH3 is 2. The van der Waals surface area contributed by atoms with Crippen LogP contribution in [0.5, 0.6) is 11.5 Å². The first kappa shape index (κ1) is 20.9. The molecular weight excluding hydrogens is 356 g/mol. The highest BCUT2D eigenvalue weighted by Gasteiger charge is 2.57. The minimum atomic E-state index is -0.603. The van der Waals surface area contributed by atoms with Gasteiger partial charge >= 0.3 is 0 Å². The number of fused-ring (bicyclic) bond motifs is 1. The lowest BCUT2D eigenvalue weighted by molar-refractivity contribution is -0.158. The van der Waals surface area contributed by atoms with E-state index in [1.165, 1.54) is 19.3 Å². The van der Waals surface area contributed by atoms with Gasteiger partial charge < -0.3 is 14.6 Å². The molecule has 4 atom stereocenters. The van der Waals surface area contributed by atoms with E-state index in [0.29, 0.717) is 11.3 Å². The fourth-order valence-electron chi connectivity index (χ4n) is 6.04. The monoisotopic (exact) mass is 392 g/mol. The molecule has 0 bridgehead atoms. The Bertz CT molecular complexity index is 647. The van der Waals surface area contributed by atoms with Crippen LogP contribution in [0.4, 0.5) is 0 Å². The molecule has 3 rings (SSSR count). The minimum Gasteiger partial charge on any atom is -0.497 e. The molecule has 0 saturated heterocycles. The van der Waals surface area contributed by atoms with Gasteiger partial charge in [0.2, 0.25) is 0 Å². The Kier molecular flexibility index (Phi) is 5.80. The Morgan fingerprint density at radius 2 is 1.63 bits per heavy atom. The third kappa shape index (κ3) is 3.98. The fraction of sp³-hybridized carbons (Fsp3) is 0.739. The SMILES string of the molecule is COc1cc(OC)cc(SCC2C(C)(O)CC[C@H]3C(C)(C)CCC[C@]23C)c1. The van der Waals surface area contributed by atoms with E-state index < -0.39 is 5.60 Å². The van der Waals surface area contributed by atoms with E-state index in [1.807, 2.05) is 17.8 Å². The Balaban J connectivity index is 1.85. The van der Waals surface area contributed by atoms with Gasteiger partial charge in [0.15, 0.2) is 0 Å². The lowest BCUT2D eigenvalue weighted by atomic mass is 9.46. The summed E-state index contributed by atoms with van der Waals surface area (Å²) in [5.74, 6) is 3.52. The summed E-state index contributed by atoms with van der Waals surface area (Å²) < 4.78 is 10.8. The van der Waals surface area contributed by atoms with E-state index in [1.54, 1.807) is 14.2 Å². The van der Waals surface area contributed by atoms with Gasteiger partial charge in [-0.1, -0.05) is 27.2 Å². The van der Waals surface area contributed by atoms with Crippen molar-refractivity contribution in [3.8, 4) is 11.5 Å². The molecule has 1 aromatic carbocycles. The molecule has 0 aliphatic heterocycles. The second kappa shape index (κ2) is 7.51. The first-order valence-corrected chi connectivity index (χ1v) is 11.2. The molecule has 152 valence electrons. The molecule has 0 heterocycles. The standard InChI is InChI=1S/C23H36O3S/c1-21(2)9-7-10-22(3)19(21)8-11-23(4,24)20(22)15-27-18-13-16(25-5)12-17(14-18)26-6/h12-14,19-20,24H,7-11,15H2,1-6H3/t19-,20?,22-,23?/m0/s1. The highest BCUT2D eigenvalue weighted by Crippen LogP contribution is 2.62. The van der Waals surface area contributed by atoms with E-state index in [-0.39, 0.29) is 11.3 Å². The molecule has 2 fully saturated rings. The van der Waals surface area contributed by atoms with Crippen LogP contribution in [-0.4, -0.2) is 30.7 Å². The van der Waals surface area contributed by atoms with Crippen molar-refractivity contribution < 1.29 is 14.6 Å². The number of hydrogen-bond acceptors (Lipinski definition) is 4. The van der Waals surface area contributed by atoms with Crippen LogP contribution in [0.1, 0.15) is 59.8 Å². The van der Waals surface area contributed by atoms with Crippen LogP contribution in [0.25, 0.3) is 0 Å². The second-order valence-corrected chi connectivity index (χ2v) is 10.8. The van der Waals surface area contributed by atoms with E-state index in [4.69, 9.17) is 9.47 Å². The minimum absolute atomic E-state index is 0.194. The van der Waals surface area contributed by atoms with Crippen LogP contribution in [0.3, 0.4) is 0 Å². The van der Waals surface area contributed by atoms with E-state index in [9.17, 15) is 5.11 Å². The number of rotatable bonds is 5. The van der Waals surface area contributed by atoms with Crippen LogP contribution in [0.2, 0.25) is 0 Å². The molecule has 27 heavy (non-hydrogen) atoms. The highest BCUT2D eigenvalue weighted by molar-refractivity contribution is 7.99. The third-order valence-corrected chi connectivity index (χ3v) is 8.57.